The molecule has 1 fully saturated rings. The van der Waals surface area contributed by atoms with Crippen molar-refractivity contribution in [1.82, 2.24) is 5.32 Å². The fraction of sp³-hybridized carbons (Fsp3) is 1.00. The van der Waals surface area contributed by atoms with E-state index in [9.17, 15) is 0 Å². The molecule has 0 spiro atoms. The molecule has 0 amide bonds. The van der Waals surface area contributed by atoms with Gasteiger partial charge in [-0.15, -0.1) is 0 Å². The molecule has 1 aliphatic rings. The standard InChI is InChI=1S/C6H13NO/c1-6-2-3-7-4-5-8-6/h6-7H,2-5H2,1H3/t6-/m1/s1. The van der Waals surface area contributed by atoms with Crippen LogP contribution < -0.4 is 5.32 Å². The number of hydrogen-bond donors (Lipinski definition) is 1. The van der Waals surface area contributed by atoms with Crippen molar-refractivity contribution in [3.63, 3.8) is 0 Å². The van der Waals surface area contributed by atoms with Gasteiger partial charge in [-0.25, -0.2) is 0 Å². The van der Waals surface area contributed by atoms with Gasteiger partial charge in [0.2, 0.25) is 0 Å². The molecule has 0 aromatic heterocycles. The van der Waals surface area contributed by atoms with E-state index in [1.165, 1.54) is 0 Å². The van der Waals surface area contributed by atoms with E-state index in [0.717, 1.165) is 26.1 Å². The summed E-state index contributed by atoms with van der Waals surface area (Å²) in [5.41, 5.74) is 0. The van der Waals surface area contributed by atoms with E-state index >= 15 is 0 Å². The van der Waals surface area contributed by atoms with E-state index < -0.39 is 0 Å². The van der Waals surface area contributed by atoms with E-state index in [1.807, 2.05) is 0 Å². The molecule has 8 heavy (non-hydrogen) atoms. The average Bonchev–Trinajstić information content (AvgIpc) is 1.94. The van der Waals surface area contributed by atoms with Gasteiger partial charge in [0.1, 0.15) is 0 Å². The highest BCUT2D eigenvalue weighted by Gasteiger charge is 2.04. The predicted octanol–water partition coefficient (Wildman–Crippen LogP) is 0.385. The highest BCUT2D eigenvalue weighted by atomic mass is 16.5. The summed E-state index contributed by atoms with van der Waals surface area (Å²) in [5.74, 6) is 0. The van der Waals surface area contributed by atoms with Gasteiger partial charge in [0.25, 0.3) is 0 Å². The minimum atomic E-state index is 0.463. The quantitative estimate of drug-likeness (QED) is 0.493. The summed E-state index contributed by atoms with van der Waals surface area (Å²) in [6, 6.07) is 0. The molecule has 0 unspecified atom stereocenters. The van der Waals surface area contributed by atoms with Crippen LogP contribution in [0.4, 0.5) is 0 Å². The molecule has 0 saturated carbocycles. The van der Waals surface area contributed by atoms with Gasteiger partial charge in [-0.1, -0.05) is 0 Å². The van der Waals surface area contributed by atoms with E-state index in [4.69, 9.17) is 4.74 Å². The molecule has 1 rings (SSSR count). The molecule has 48 valence electrons. The van der Waals surface area contributed by atoms with Gasteiger partial charge in [-0.05, 0) is 19.9 Å². The Morgan fingerprint density at radius 1 is 1.50 bits per heavy atom. The van der Waals surface area contributed by atoms with Crippen LogP contribution in [-0.2, 0) is 4.74 Å². The van der Waals surface area contributed by atoms with Crippen LogP contribution >= 0.6 is 0 Å². The third-order valence-corrected chi connectivity index (χ3v) is 1.41. The minimum Gasteiger partial charge on any atom is -0.377 e. The zero-order chi connectivity index (χ0) is 5.82. The largest absolute Gasteiger partial charge is 0.377 e. The molecule has 0 bridgehead atoms. The second-order valence-electron chi connectivity index (χ2n) is 2.22. The van der Waals surface area contributed by atoms with E-state index in [2.05, 4.69) is 12.2 Å². The molecule has 1 aliphatic heterocycles. The second-order valence-corrected chi connectivity index (χ2v) is 2.22. The Kier molecular flexibility index (Phi) is 2.30. The first-order valence-electron chi connectivity index (χ1n) is 3.22. The lowest BCUT2D eigenvalue weighted by molar-refractivity contribution is 0.0783. The Hall–Kier alpha value is -0.0800. The number of nitrogens with one attached hydrogen (secondary N) is 1. The van der Waals surface area contributed by atoms with E-state index in [0.29, 0.717) is 6.10 Å². The van der Waals surface area contributed by atoms with Gasteiger partial charge in [0.15, 0.2) is 0 Å². The van der Waals surface area contributed by atoms with Crippen LogP contribution in [0.25, 0.3) is 0 Å². The number of rotatable bonds is 0. The smallest absolute Gasteiger partial charge is 0.0594 e. The van der Waals surface area contributed by atoms with Crippen molar-refractivity contribution in [2.75, 3.05) is 19.7 Å². The lowest BCUT2D eigenvalue weighted by Crippen LogP contribution is -2.16. The van der Waals surface area contributed by atoms with Crippen LogP contribution in [0.1, 0.15) is 13.3 Å². The Balaban J connectivity index is 2.17. The minimum absolute atomic E-state index is 0.463. The molecule has 1 heterocycles. The maximum absolute atomic E-state index is 5.34. The molecule has 0 aromatic carbocycles. The van der Waals surface area contributed by atoms with Crippen LogP contribution in [0.3, 0.4) is 0 Å². The van der Waals surface area contributed by atoms with Crippen molar-refractivity contribution in [3.8, 4) is 0 Å². The van der Waals surface area contributed by atoms with Crippen molar-refractivity contribution in [2.24, 2.45) is 0 Å². The number of hydrogen-bond acceptors (Lipinski definition) is 2. The predicted molar refractivity (Wildman–Crippen MR) is 32.9 cm³/mol. The molecule has 0 radical (unpaired) electrons. The van der Waals surface area contributed by atoms with E-state index in [-0.39, 0.29) is 0 Å². The summed E-state index contributed by atoms with van der Waals surface area (Å²) in [6.07, 6.45) is 1.62. The summed E-state index contributed by atoms with van der Waals surface area (Å²) in [5, 5.41) is 3.25. The molecule has 1 atom stereocenters. The maximum atomic E-state index is 5.34. The summed E-state index contributed by atoms with van der Waals surface area (Å²) >= 11 is 0. The average molecular weight is 115 g/mol. The van der Waals surface area contributed by atoms with Crippen molar-refractivity contribution in [1.29, 1.82) is 0 Å². The molecular formula is C6H13NO. The SMILES string of the molecule is C[C@@H]1CCNCCO1. The van der Waals surface area contributed by atoms with Crippen molar-refractivity contribution in [3.05, 3.63) is 0 Å². The molecule has 0 aliphatic carbocycles. The maximum Gasteiger partial charge on any atom is 0.0594 e. The monoisotopic (exact) mass is 115 g/mol. The third kappa shape index (κ3) is 1.80. The highest BCUT2D eigenvalue weighted by molar-refractivity contribution is 4.58. The Morgan fingerprint density at radius 2 is 2.38 bits per heavy atom. The van der Waals surface area contributed by atoms with Gasteiger partial charge in [0.05, 0.1) is 12.7 Å². The van der Waals surface area contributed by atoms with Crippen molar-refractivity contribution >= 4 is 0 Å². The Bertz CT molecular complexity index is 57.5. The van der Waals surface area contributed by atoms with Crippen LogP contribution in [-0.4, -0.2) is 25.8 Å². The van der Waals surface area contributed by atoms with Crippen LogP contribution in [0.2, 0.25) is 0 Å². The molecule has 2 nitrogen and oxygen atoms in total. The summed E-state index contributed by atoms with van der Waals surface area (Å²) in [4.78, 5) is 0. The van der Waals surface area contributed by atoms with Crippen molar-refractivity contribution < 1.29 is 4.74 Å². The zero-order valence-electron chi connectivity index (χ0n) is 5.31. The number of ether oxygens (including phenoxy) is 1. The highest BCUT2D eigenvalue weighted by Crippen LogP contribution is 1.97. The second kappa shape index (κ2) is 3.05. The first-order valence-corrected chi connectivity index (χ1v) is 3.22. The normalized spacial score (nSPS) is 31.9. The van der Waals surface area contributed by atoms with Gasteiger partial charge in [0, 0.05) is 6.54 Å². The van der Waals surface area contributed by atoms with Crippen LogP contribution in [0.15, 0.2) is 0 Å². The zero-order valence-corrected chi connectivity index (χ0v) is 5.31. The van der Waals surface area contributed by atoms with Gasteiger partial charge >= 0.3 is 0 Å². The molecule has 1 N–H and O–H groups in total. The van der Waals surface area contributed by atoms with Crippen LogP contribution in [0, 0.1) is 0 Å². The first-order chi connectivity index (χ1) is 3.89. The van der Waals surface area contributed by atoms with Crippen LogP contribution in [0.5, 0.6) is 0 Å². The van der Waals surface area contributed by atoms with Gasteiger partial charge in [-0.2, -0.15) is 0 Å². The summed E-state index contributed by atoms with van der Waals surface area (Å²) in [6.45, 7) is 5.12. The Labute approximate surface area is 50.2 Å². The third-order valence-electron chi connectivity index (χ3n) is 1.41. The first kappa shape index (κ1) is 6.05. The lowest BCUT2D eigenvalue weighted by atomic mass is 10.3. The fourth-order valence-corrected chi connectivity index (χ4v) is 0.846. The molecule has 1 saturated heterocycles. The topological polar surface area (TPSA) is 21.3 Å². The van der Waals surface area contributed by atoms with Gasteiger partial charge < -0.3 is 10.1 Å². The summed E-state index contributed by atoms with van der Waals surface area (Å²) in [7, 11) is 0. The summed E-state index contributed by atoms with van der Waals surface area (Å²) < 4.78 is 5.34. The molecular weight excluding hydrogens is 102 g/mol. The van der Waals surface area contributed by atoms with Crippen molar-refractivity contribution in [2.45, 2.75) is 19.4 Å². The fourth-order valence-electron chi connectivity index (χ4n) is 0.846. The molecule has 2 heteroatoms. The molecule has 0 aromatic rings. The lowest BCUT2D eigenvalue weighted by Gasteiger charge is -2.04. The van der Waals surface area contributed by atoms with Gasteiger partial charge in [-0.3, -0.25) is 0 Å². The Morgan fingerprint density at radius 3 is 3.25 bits per heavy atom. The van der Waals surface area contributed by atoms with E-state index in [1.54, 1.807) is 0 Å².